The smallest absolute Gasteiger partial charge is 0.258 e. The van der Waals surface area contributed by atoms with E-state index in [1.807, 2.05) is 6.07 Å². The van der Waals surface area contributed by atoms with E-state index in [0.29, 0.717) is 24.6 Å². The maximum Gasteiger partial charge on any atom is 0.258 e. The van der Waals surface area contributed by atoms with Crippen molar-refractivity contribution < 1.29 is 27.4 Å². The number of carbonyl (C=O) groups excluding carboxylic acids is 1. The van der Waals surface area contributed by atoms with Gasteiger partial charge in [0.1, 0.15) is 10.6 Å². The van der Waals surface area contributed by atoms with Gasteiger partial charge in [0.05, 0.1) is 0 Å². The molecular formula is C20H21ClN2O6S. The fourth-order valence-electron chi connectivity index (χ4n) is 3.32. The lowest BCUT2D eigenvalue weighted by Gasteiger charge is -2.18. The quantitative estimate of drug-likeness (QED) is 0.693. The number of nitrogens with zero attached hydrogens (tertiary/aromatic N) is 1. The van der Waals surface area contributed by atoms with Crippen LogP contribution in [0.4, 0.5) is 0 Å². The van der Waals surface area contributed by atoms with Gasteiger partial charge < -0.3 is 19.5 Å². The van der Waals surface area contributed by atoms with Crippen molar-refractivity contribution in [2.45, 2.75) is 24.3 Å². The fourth-order valence-corrected chi connectivity index (χ4v) is 5.23. The molecule has 2 aromatic rings. The third kappa shape index (κ3) is 4.48. The molecule has 1 saturated heterocycles. The zero-order valence-electron chi connectivity index (χ0n) is 16.1. The summed E-state index contributed by atoms with van der Waals surface area (Å²) < 4.78 is 43.4. The van der Waals surface area contributed by atoms with Gasteiger partial charge in [0, 0.05) is 24.7 Å². The zero-order valence-corrected chi connectivity index (χ0v) is 17.7. The van der Waals surface area contributed by atoms with Crippen LogP contribution in [0.1, 0.15) is 18.4 Å². The van der Waals surface area contributed by atoms with Gasteiger partial charge in [-0.05, 0) is 48.7 Å². The average molecular weight is 453 g/mol. The summed E-state index contributed by atoms with van der Waals surface area (Å²) >= 11 is 6.01. The average Bonchev–Trinajstić information content (AvgIpc) is 3.43. The SMILES string of the molecule is O=C(COc1ccc(Cl)cc1S(=O)(=O)N1CCCC1)NCc1ccc2c(c1)OCO2. The molecule has 0 aliphatic carbocycles. The number of nitrogens with one attached hydrogen (secondary N) is 1. The van der Waals surface area contributed by atoms with Crippen molar-refractivity contribution in [1.29, 1.82) is 0 Å². The van der Waals surface area contributed by atoms with E-state index in [1.165, 1.54) is 22.5 Å². The monoisotopic (exact) mass is 452 g/mol. The Balaban J connectivity index is 1.39. The summed E-state index contributed by atoms with van der Waals surface area (Å²) in [6, 6.07) is 9.76. The topological polar surface area (TPSA) is 94.2 Å². The third-order valence-corrected chi connectivity index (χ3v) is 7.03. The van der Waals surface area contributed by atoms with Crippen LogP contribution in [0.25, 0.3) is 0 Å². The van der Waals surface area contributed by atoms with Crippen LogP contribution in [0, 0.1) is 0 Å². The molecule has 2 aromatic carbocycles. The van der Waals surface area contributed by atoms with E-state index >= 15 is 0 Å². The van der Waals surface area contributed by atoms with Crippen molar-refractivity contribution >= 4 is 27.5 Å². The summed E-state index contributed by atoms with van der Waals surface area (Å²) in [7, 11) is -3.73. The van der Waals surface area contributed by atoms with Gasteiger partial charge in [0.25, 0.3) is 5.91 Å². The van der Waals surface area contributed by atoms with Crippen molar-refractivity contribution in [3.63, 3.8) is 0 Å². The number of hydrogen-bond acceptors (Lipinski definition) is 6. The predicted octanol–water partition coefficient (Wildman–Crippen LogP) is 2.55. The summed E-state index contributed by atoms with van der Waals surface area (Å²) in [5.74, 6) is 1.02. The number of hydrogen-bond donors (Lipinski definition) is 1. The molecule has 0 aromatic heterocycles. The van der Waals surface area contributed by atoms with E-state index in [-0.39, 0.29) is 41.5 Å². The number of sulfonamides is 1. The third-order valence-electron chi connectivity index (χ3n) is 4.87. The van der Waals surface area contributed by atoms with Crippen molar-refractivity contribution in [2.75, 3.05) is 26.5 Å². The maximum atomic E-state index is 12.9. The van der Waals surface area contributed by atoms with Crippen molar-refractivity contribution in [3.05, 3.63) is 47.0 Å². The van der Waals surface area contributed by atoms with E-state index in [0.717, 1.165) is 18.4 Å². The molecule has 0 radical (unpaired) electrons. The minimum Gasteiger partial charge on any atom is -0.482 e. The molecule has 1 fully saturated rings. The molecule has 0 atom stereocenters. The van der Waals surface area contributed by atoms with Gasteiger partial charge in [-0.3, -0.25) is 4.79 Å². The summed E-state index contributed by atoms with van der Waals surface area (Å²) in [6.45, 7) is 1.06. The first-order chi connectivity index (χ1) is 14.4. The van der Waals surface area contributed by atoms with Crippen LogP contribution in [0.15, 0.2) is 41.3 Å². The Bertz CT molecular complexity index is 1050. The Kier molecular flexibility index (Phi) is 6.03. The minimum absolute atomic E-state index is 0.0273. The molecule has 0 spiro atoms. The molecule has 2 heterocycles. The number of benzene rings is 2. The Morgan fingerprint density at radius 3 is 2.67 bits per heavy atom. The number of fused-ring (bicyclic) bond motifs is 1. The van der Waals surface area contributed by atoms with Gasteiger partial charge >= 0.3 is 0 Å². The first-order valence-electron chi connectivity index (χ1n) is 9.51. The number of rotatable bonds is 7. The van der Waals surface area contributed by atoms with Crippen molar-refractivity contribution in [3.8, 4) is 17.2 Å². The molecule has 0 saturated carbocycles. The predicted molar refractivity (Wildman–Crippen MR) is 109 cm³/mol. The number of carbonyl (C=O) groups is 1. The molecule has 30 heavy (non-hydrogen) atoms. The van der Waals surface area contributed by atoms with E-state index in [4.69, 9.17) is 25.8 Å². The first kappa shape index (κ1) is 20.8. The molecule has 160 valence electrons. The number of halogens is 1. The summed E-state index contributed by atoms with van der Waals surface area (Å²) in [6.07, 6.45) is 1.64. The molecule has 0 unspecified atom stereocenters. The Morgan fingerprint density at radius 1 is 1.10 bits per heavy atom. The second-order valence-electron chi connectivity index (χ2n) is 6.96. The molecule has 1 N–H and O–H groups in total. The standard InChI is InChI=1S/C20H21ClN2O6S/c21-15-4-6-17(19(10-15)30(25,26)23-7-1-2-8-23)27-12-20(24)22-11-14-3-5-16-18(9-14)29-13-28-16/h3-6,9-10H,1-2,7-8,11-13H2,(H,22,24). The fraction of sp³-hybridized carbons (Fsp3) is 0.350. The van der Waals surface area contributed by atoms with Crippen molar-refractivity contribution in [1.82, 2.24) is 9.62 Å². The molecule has 1 amide bonds. The van der Waals surface area contributed by atoms with Crippen LogP contribution in [-0.4, -0.2) is 45.1 Å². The van der Waals surface area contributed by atoms with Gasteiger partial charge in [-0.15, -0.1) is 0 Å². The molecule has 8 nitrogen and oxygen atoms in total. The van der Waals surface area contributed by atoms with Gasteiger partial charge in [-0.1, -0.05) is 17.7 Å². The molecule has 10 heteroatoms. The second kappa shape index (κ2) is 8.71. The maximum absolute atomic E-state index is 12.9. The van der Waals surface area contributed by atoms with E-state index in [9.17, 15) is 13.2 Å². The van der Waals surface area contributed by atoms with Crippen LogP contribution in [0.5, 0.6) is 17.2 Å². The summed E-state index contributed by atoms with van der Waals surface area (Å²) in [4.78, 5) is 12.2. The zero-order chi connectivity index (χ0) is 21.1. The van der Waals surface area contributed by atoms with Crippen LogP contribution < -0.4 is 19.5 Å². The van der Waals surface area contributed by atoms with Crippen LogP contribution in [0.3, 0.4) is 0 Å². The lowest BCUT2D eigenvalue weighted by molar-refractivity contribution is -0.123. The van der Waals surface area contributed by atoms with Crippen molar-refractivity contribution in [2.24, 2.45) is 0 Å². The normalized spacial score (nSPS) is 15.9. The summed E-state index contributed by atoms with van der Waals surface area (Å²) in [5, 5.41) is 3.02. The van der Waals surface area contributed by atoms with Gasteiger partial charge in [0.2, 0.25) is 16.8 Å². The number of amides is 1. The lowest BCUT2D eigenvalue weighted by Crippen LogP contribution is -2.30. The van der Waals surface area contributed by atoms with Gasteiger partial charge in [-0.25, -0.2) is 8.42 Å². The highest BCUT2D eigenvalue weighted by atomic mass is 35.5. The molecule has 0 bridgehead atoms. The Morgan fingerprint density at radius 2 is 1.87 bits per heavy atom. The van der Waals surface area contributed by atoms with E-state index in [2.05, 4.69) is 5.32 Å². The minimum atomic E-state index is -3.73. The molecule has 4 rings (SSSR count). The molecule has 2 aliphatic heterocycles. The largest absolute Gasteiger partial charge is 0.482 e. The summed E-state index contributed by atoms with van der Waals surface area (Å²) in [5.41, 5.74) is 0.844. The van der Waals surface area contributed by atoms with Gasteiger partial charge in [-0.2, -0.15) is 4.31 Å². The van der Waals surface area contributed by atoms with Crippen LogP contribution >= 0.6 is 11.6 Å². The highest BCUT2D eigenvalue weighted by molar-refractivity contribution is 7.89. The van der Waals surface area contributed by atoms with E-state index in [1.54, 1.807) is 12.1 Å². The van der Waals surface area contributed by atoms with Gasteiger partial charge in [0.15, 0.2) is 18.1 Å². The molecular weight excluding hydrogens is 432 g/mol. The Hall–Kier alpha value is -2.49. The lowest BCUT2D eigenvalue weighted by atomic mass is 10.2. The van der Waals surface area contributed by atoms with Crippen LogP contribution in [-0.2, 0) is 21.4 Å². The number of ether oxygens (including phenoxy) is 3. The second-order valence-corrected chi connectivity index (χ2v) is 9.30. The highest BCUT2D eigenvalue weighted by Gasteiger charge is 2.30. The van der Waals surface area contributed by atoms with Crippen LogP contribution in [0.2, 0.25) is 5.02 Å². The first-order valence-corrected chi connectivity index (χ1v) is 11.3. The molecule has 2 aliphatic rings. The highest BCUT2D eigenvalue weighted by Crippen LogP contribution is 2.33. The van der Waals surface area contributed by atoms with E-state index < -0.39 is 10.0 Å². The Labute approximate surface area is 179 Å².